The molecule has 0 spiro atoms. The minimum Gasteiger partial charge on any atom is -0.493 e. The number of nitrogens with zero attached hydrogens (tertiary/aromatic N) is 1. The van der Waals surface area contributed by atoms with E-state index in [9.17, 15) is 4.79 Å². The first-order valence-electron chi connectivity index (χ1n) is 9.99. The molecule has 0 atom stereocenters. The van der Waals surface area contributed by atoms with Crippen molar-refractivity contribution in [1.29, 1.82) is 0 Å². The number of anilines is 1. The van der Waals surface area contributed by atoms with Gasteiger partial charge in [-0.05, 0) is 64.0 Å². The molecule has 2 aromatic heterocycles. The largest absolute Gasteiger partial charge is 0.493 e. The van der Waals surface area contributed by atoms with Gasteiger partial charge in [0.2, 0.25) is 5.95 Å². The van der Waals surface area contributed by atoms with Crippen LogP contribution in [0, 0.1) is 20.8 Å². The lowest BCUT2D eigenvalue weighted by Crippen LogP contribution is -2.10. The van der Waals surface area contributed by atoms with E-state index in [1.807, 2.05) is 65.0 Å². The van der Waals surface area contributed by atoms with Crippen LogP contribution < -0.4 is 10.1 Å². The third-order valence-corrected chi connectivity index (χ3v) is 5.34. The summed E-state index contributed by atoms with van der Waals surface area (Å²) >= 11 is 0. The Kier molecular flexibility index (Phi) is 5.08. The van der Waals surface area contributed by atoms with E-state index in [0.717, 1.165) is 55.8 Å². The number of fused-ring (bicyclic) bond motifs is 2. The molecular weight excluding hydrogens is 378 g/mol. The summed E-state index contributed by atoms with van der Waals surface area (Å²) in [4.78, 5) is 20.2. The van der Waals surface area contributed by atoms with Crippen molar-refractivity contribution in [3.63, 3.8) is 0 Å². The molecule has 4 rings (SSSR count). The zero-order valence-electron chi connectivity index (χ0n) is 17.8. The van der Waals surface area contributed by atoms with E-state index >= 15 is 0 Å². The minimum absolute atomic E-state index is 0.258. The van der Waals surface area contributed by atoms with E-state index < -0.39 is 0 Å². The molecule has 0 saturated carbocycles. The molecular formula is C24H25N3O3. The maximum atomic E-state index is 12.7. The van der Waals surface area contributed by atoms with Crippen molar-refractivity contribution in [2.75, 3.05) is 11.9 Å². The molecule has 6 nitrogen and oxygen atoms in total. The number of hydrogen-bond donors (Lipinski definition) is 2. The Morgan fingerprint density at radius 3 is 2.73 bits per heavy atom. The van der Waals surface area contributed by atoms with Gasteiger partial charge in [-0.15, -0.1) is 0 Å². The van der Waals surface area contributed by atoms with Crippen LogP contribution in [0.3, 0.4) is 0 Å². The average Bonchev–Trinajstić information content (AvgIpc) is 3.24. The van der Waals surface area contributed by atoms with Gasteiger partial charge in [0, 0.05) is 22.6 Å². The molecule has 0 fully saturated rings. The standard InChI is InChI=1S/C24H25N3O3/c1-6-29-22-15(4)23-18(14(3)16(5)30-23)12-17(22)13(2)11-21(28)27-24-25-19-9-7-8-10-20(19)26-24/h7-12H,6H2,1-5H3,(H2,25,26,27,28)/b13-11+. The van der Waals surface area contributed by atoms with Crippen LogP contribution in [0.25, 0.3) is 27.6 Å². The predicted octanol–water partition coefficient (Wildman–Crippen LogP) is 5.68. The van der Waals surface area contributed by atoms with Crippen LogP contribution >= 0.6 is 0 Å². The lowest BCUT2D eigenvalue weighted by atomic mass is 9.98. The highest BCUT2D eigenvalue weighted by atomic mass is 16.5. The first-order chi connectivity index (χ1) is 14.4. The van der Waals surface area contributed by atoms with Crippen LogP contribution in [-0.2, 0) is 4.79 Å². The number of ether oxygens (including phenoxy) is 1. The highest BCUT2D eigenvalue weighted by molar-refractivity contribution is 6.04. The number of amides is 1. The van der Waals surface area contributed by atoms with Crippen molar-refractivity contribution in [1.82, 2.24) is 9.97 Å². The lowest BCUT2D eigenvalue weighted by molar-refractivity contribution is -0.111. The molecule has 2 aromatic carbocycles. The molecule has 0 saturated heterocycles. The Balaban J connectivity index is 1.70. The number of furan rings is 1. The van der Waals surface area contributed by atoms with Gasteiger partial charge >= 0.3 is 0 Å². The van der Waals surface area contributed by atoms with Gasteiger partial charge < -0.3 is 14.1 Å². The number of benzene rings is 2. The smallest absolute Gasteiger partial charge is 0.250 e. The molecule has 2 heterocycles. The third-order valence-electron chi connectivity index (χ3n) is 5.34. The summed E-state index contributed by atoms with van der Waals surface area (Å²) in [5.41, 5.74) is 6.22. The number of carbonyl (C=O) groups is 1. The summed E-state index contributed by atoms with van der Waals surface area (Å²) in [6.45, 7) is 10.4. The van der Waals surface area contributed by atoms with Crippen LogP contribution in [0.1, 0.15) is 36.3 Å². The summed E-state index contributed by atoms with van der Waals surface area (Å²) in [6.07, 6.45) is 1.57. The van der Waals surface area contributed by atoms with Gasteiger partial charge in [0.15, 0.2) is 0 Å². The maximum absolute atomic E-state index is 12.7. The number of H-pyrrole nitrogens is 1. The van der Waals surface area contributed by atoms with E-state index in [1.165, 1.54) is 0 Å². The molecule has 4 aromatic rings. The van der Waals surface area contributed by atoms with E-state index in [2.05, 4.69) is 15.3 Å². The van der Waals surface area contributed by atoms with Crippen molar-refractivity contribution in [2.24, 2.45) is 0 Å². The van der Waals surface area contributed by atoms with Gasteiger partial charge in [-0.3, -0.25) is 10.1 Å². The number of nitrogens with one attached hydrogen (secondary N) is 2. The summed E-state index contributed by atoms with van der Waals surface area (Å²) in [6, 6.07) is 9.68. The number of carbonyl (C=O) groups excluding carboxylic acids is 1. The zero-order valence-corrected chi connectivity index (χ0v) is 17.8. The highest BCUT2D eigenvalue weighted by Crippen LogP contribution is 2.38. The number of aromatic amines is 1. The van der Waals surface area contributed by atoms with Crippen LogP contribution in [0.2, 0.25) is 0 Å². The van der Waals surface area contributed by atoms with Crippen molar-refractivity contribution in [3.05, 3.63) is 58.9 Å². The Labute approximate surface area is 174 Å². The summed E-state index contributed by atoms with van der Waals surface area (Å²) in [5.74, 6) is 1.79. The normalized spacial score (nSPS) is 12.0. The van der Waals surface area contributed by atoms with E-state index in [4.69, 9.17) is 9.15 Å². The summed E-state index contributed by atoms with van der Waals surface area (Å²) < 4.78 is 11.9. The van der Waals surface area contributed by atoms with Gasteiger partial charge in [0.25, 0.3) is 5.91 Å². The molecule has 154 valence electrons. The minimum atomic E-state index is -0.258. The number of rotatable bonds is 5. The first kappa shape index (κ1) is 19.8. The Bertz CT molecular complexity index is 1260. The van der Waals surface area contributed by atoms with Crippen molar-refractivity contribution in [2.45, 2.75) is 34.6 Å². The van der Waals surface area contributed by atoms with Gasteiger partial charge in [-0.1, -0.05) is 12.1 Å². The first-order valence-corrected chi connectivity index (χ1v) is 9.99. The Hall–Kier alpha value is -3.54. The summed E-state index contributed by atoms with van der Waals surface area (Å²) in [7, 11) is 0. The van der Waals surface area contributed by atoms with E-state index in [1.54, 1.807) is 6.08 Å². The highest BCUT2D eigenvalue weighted by Gasteiger charge is 2.19. The molecule has 30 heavy (non-hydrogen) atoms. The van der Waals surface area contributed by atoms with Crippen LogP contribution in [0.5, 0.6) is 5.75 Å². The van der Waals surface area contributed by atoms with Crippen molar-refractivity contribution >= 4 is 39.4 Å². The topological polar surface area (TPSA) is 80.1 Å². The van der Waals surface area contributed by atoms with Crippen LogP contribution in [-0.4, -0.2) is 22.5 Å². The second-order valence-corrected chi connectivity index (χ2v) is 7.39. The second-order valence-electron chi connectivity index (χ2n) is 7.39. The van der Waals surface area contributed by atoms with Crippen LogP contribution in [0.4, 0.5) is 5.95 Å². The molecule has 6 heteroatoms. The number of aryl methyl sites for hydroxylation is 3. The molecule has 0 bridgehead atoms. The molecule has 0 radical (unpaired) electrons. The fourth-order valence-corrected chi connectivity index (χ4v) is 3.67. The van der Waals surface area contributed by atoms with Crippen molar-refractivity contribution < 1.29 is 13.9 Å². The molecule has 0 aliphatic heterocycles. The second kappa shape index (κ2) is 7.71. The molecule has 0 aliphatic rings. The van der Waals surface area contributed by atoms with Crippen LogP contribution in [0.15, 0.2) is 40.8 Å². The van der Waals surface area contributed by atoms with Gasteiger partial charge in [0.1, 0.15) is 17.1 Å². The number of aromatic nitrogens is 2. The third kappa shape index (κ3) is 3.45. The maximum Gasteiger partial charge on any atom is 0.250 e. The SMILES string of the molecule is CCOc1c(/C(C)=C/C(=O)Nc2nc3ccccc3[nH]2)cc2c(C)c(C)oc2c1C. The molecule has 0 unspecified atom stereocenters. The summed E-state index contributed by atoms with van der Waals surface area (Å²) in [5, 5.41) is 3.85. The van der Waals surface area contributed by atoms with Gasteiger partial charge in [-0.25, -0.2) is 4.98 Å². The molecule has 2 N–H and O–H groups in total. The lowest BCUT2D eigenvalue weighted by Gasteiger charge is -2.14. The van der Waals surface area contributed by atoms with Gasteiger partial charge in [-0.2, -0.15) is 0 Å². The van der Waals surface area contributed by atoms with Gasteiger partial charge in [0.05, 0.1) is 17.6 Å². The van der Waals surface area contributed by atoms with E-state index in [-0.39, 0.29) is 5.91 Å². The Morgan fingerprint density at radius 1 is 1.23 bits per heavy atom. The number of allylic oxidation sites excluding steroid dienone is 1. The van der Waals surface area contributed by atoms with E-state index in [0.29, 0.717) is 12.6 Å². The number of imidazole rings is 1. The fraction of sp³-hybridized carbons (Fsp3) is 0.250. The van der Waals surface area contributed by atoms with Crippen molar-refractivity contribution in [3.8, 4) is 5.75 Å². The zero-order chi connectivity index (χ0) is 21.4. The average molecular weight is 403 g/mol. The monoisotopic (exact) mass is 403 g/mol. The number of para-hydroxylation sites is 2. The quantitative estimate of drug-likeness (QED) is 0.420. The fourth-order valence-electron chi connectivity index (χ4n) is 3.67. The number of hydrogen-bond acceptors (Lipinski definition) is 4. The molecule has 1 amide bonds. The Morgan fingerprint density at radius 2 is 2.00 bits per heavy atom. The predicted molar refractivity (Wildman–Crippen MR) is 120 cm³/mol. The molecule has 0 aliphatic carbocycles.